The second-order valence-corrected chi connectivity index (χ2v) is 9.97. The number of aryl methyl sites for hydroxylation is 2. The zero-order valence-corrected chi connectivity index (χ0v) is 22.2. The van der Waals surface area contributed by atoms with Crippen LogP contribution in [0.4, 0.5) is 15.8 Å². The van der Waals surface area contributed by atoms with Crippen LogP contribution in [-0.2, 0) is 4.79 Å². The van der Waals surface area contributed by atoms with Gasteiger partial charge in [-0.2, -0.15) is 0 Å². The Hall–Kier alpha value is -3.84. The topological polar surface area (TPSA) is 69.7 Å². The molecular weight excluding hydrogens is 481 g/mol. The van der Waals surface area contributed by atoms with Gasteiger partial charge in [0.1, 0.15) is 5.82 Å². The summed E-state index contributed by atoms with van der Waals surface area (Å²) in [7, 11) is 0. The highest BCUT2D eigenvalue weighted by Gasteiger charge is 2.27. The molecule has 0 unspecified atom stereocenters. The number of Topliss-reactive ketones (excluding diaryl/α,β-unsaturated/α-hetero) is 1. The van der Waals surface area contributed by atoms with Gasteiger partial charge in [0.2, 0.25) is 5.91 Å². The van der Waals surface area contributed by atoms with E-state index in [1.54, 1.807) is 41.3 Å². The van der Waals surface area contributed by atoms with Crippen molar-refractivity contribution in [2.24, 2.45) is 5.92 Å². The standard InChI is InChI=1S/C31H34FN3O3/c1-21-4-13-29(20-22(21)2)35(31(38)26-7-11-28(12-8-26)33-23(3)36)19-18-34-16-14-25(15-17-34)30(37)24-5-9-27(32)10-6-24/h4-13,20,25H,14-19H2,1-3H3,(H,33,36). The van der Waals surface area contributed by atoms with Crippen molar-refractivity contribution in [2.75, 3.05) is 36.4 Å². The minimum absolute atomic E-state index is 0.0688. The lowest BCUT2D eigenvalue weighted by Gasteiger charge is -2.33. The highest BCUT2D eigenvalue weighted by atomic mass is 19.1. The molecule has 1 saturated heterocycles. The Morgan fingerprint density at radius 2 is 1.53 bits per heavy atom. The molecule has 7 heteroatoms. The molecule has 3 aromatic rings. The average molecular weight is 516 g/mol. The minimum Gasteiger partial charge on any atom is -0.326 e. The lowest BCUT2D eigenvalue weighted by Crippen LogP contribution is -2.43. The summed E-state index contributed by atoms with van der Waals surface area (Å²) in [5.41, 5.74) is 4.85. The quantitative estimate of drug-likeness (QED) is 0.394. The van der Waals surface area contributed by atoms with Crippen molar-refractivity contribution in [1.29, 1.82) is 0 Å². The fraction of sp³-hybridized carbons (Fsp3) is 0.323. The van der Waals surface area contributed by atoms with Crippen molar-refractivity contribution < 1.29 is 18.8 Å². The maximum Gasteiger partial charge on any atom is 0.258 e. The summed E-state index contributed by atoms with van der Waals surface area (Å²) < 4.78 is 13.2. The second-order valence-electron chi connectivity index (χ2n) is 9.97. The molecule has 198 valence electrons. The first-order chi connectivity index (χ1) is 18.2. The van der Waals surface area contributed by atoms with Crippen molar-refractivity contribution in [2.45, 2.75) is 33.6 Å². The number of anilines is 2. The Bertz CT molecular complexity index is 1300. The minimum atomic E-state index is -0.345. The van der Waals surface area contributed by atoms with E-state index in [9.17, 15) is 18.8 Å². The van der Waals surface area contributed by atoms with Crippen LogP contribution < -0.4 is 10.2 Å². The molecule has 1 N–H and O–H groups in total. The molecule has 38 heavy (non-hydrogen) atoms. The number of ketones is 1. The predicted octanol–water partition coefficient (Wildman–Crippen LogP) is 5.64. The number of carbonyl (C=O) groups is 3. The van der Waals surface area contributed by atoms with Gasteiger partial charge in [-0.25, -0.2) is 4.39 Å². The summed E-state index contributed by atoms with van der Waals surface area (Å²) >= 11 is 0. The summed E-state index contributed by atoms with van der Waals surface area (Å²) in [6.07, 6.45) is 1.47. The third-order valence-electron chi connectivity index (χ3n) is 7.23. The fourth-order valence-electron chi connectivity index (χ4n) is 4.81. The number of nitrogens with one attached hydrogen (secondary N) is 1. The lowest BCUT2D eigenvalue weighted by atomic mass is 9.89. The third-order valence-corrected chi connectivity index (χ3v) is 7.23. The van der Waals surface area contributed by atoms with E-state index < -0.39 is 0 Å². The van der Waals surface area contributed by atoms with E-state index in [0.717, 1.165) is 42.7 Å². The van der Waals surface area contributed by atoms with E-state index in [4.69, 9.17) is 0 Å². The lowest BCUT2D eigenvalue weighted by molar-refractivity contribution is -0.114. The number of nitrogens with zero attached hydrogens (tertiary/aromatic N) is 2. The predicted molar refractivity (Wildman–Crippen MR) is 148 cm³/mol. The molecule has 1 fully saturated rings. The fourth-order valence-corrected chi connectivity index (χ4v) is 4.81. The molecule has 0 spiro atoms. The highest BCUT2D eigenvalue weighted by Crippen LogP contribution is 2.24. The van der Waals surface area contributed by atoms with E-state index in [0.29, 0.717) is 29.9 Å². The van der Waals surface area contributed by atoms with Gasteiger partial charge in [0, 0.05) is 48.4 Å². The van der Waals surface area contributed by atoms with Crippen molar-refractivity contribution >= 4 is 29.0 Å². The van der Waals surface area contributed by atoms with Gasteiger partial charge in [0.25, 0.3) is 5.91 Å². The van der Waals surface area contributed by atoms with E-state index >= 15 is 0 Å². The summed E-state index contributed by atoms with van der Waals surface area (Å²) in [6, 6.07) is 18.7. The normalized spacial score (nSPS) is 14.2. The number of carbonyl (C=O) groups excluding carboxylic acids is 3. The molecule has 3 aromatic carbocycles. The zero-order chi connectivity index (χ0) is 27.2. The smallest absolute Gasteiger partial charge is 0.258 e. The van der Waals surface area contributed by atoms with Crippen molar-refractivity contribution in [3.63, 3.8) is 0 Å². The van der Waals surface area contributed by atoms with Crippen LogP contribution >= 0.6 is 0 Å². The Morgan fingerprint density at radius 1 is 0.895 bits per heavy atom. The number of benzene rings is 3. The average Bonchev–Trinajstić information content (AvgIpc) is 2.91. The number of likely N-dealkylation sites (tertiary alicyclic amines) is 1. The molecule has 1 aliphatic rings. The van der Waals surface area contributed by atoms with Gasteiger partial charge >= 0.3 is 0 Å². The maximum atomic E-state index is 13.6. The third kappa shape index (κ3) is 6.72. The summed E-state index contributed by atoms with van der Waals surface area (Å²) in [5.74, 6) is -0.619. The number of amides is 2. The number of rotatable bonds is 8. The molecule has 2 amide bonds. The molecular formula is C31H34FN3O3. The second kappa shape index (κ2) is 12.1. The molecule has 4 rings (SSSR count). The van der Waals surface area contributed by atoms with Gasteiger partial charge in [-0.3, -0.25) is 14.4 Å². The van der Waals surface area contributed by atoms with Crippen molar-refractivity contribution in [3.05, 3.63) is 94.8 Å². The molecule has 6 nitrogen and oxygen atoms in total. The Labute approximate surface area is 223 Å². The van der Waals surface area contributed by atoms with Crippen molar-refractivity contribution in [3.8, 4) is 0 Å². The monoisotopic (exact) mass is 515 g/mol. The van der Waals surface area contributed by atoms with Crippen LogP contribution in [0.25, 0.3) is 0 Å². The largest absolute Gasteiger partial charge is 0.326 e. The van der Waals surface area contributed by atoms with Gasteiger partial charge < -0.3 is 15.1 Å². The van der Waals surface area contributed by atoms with Gasteiger partial charge in [-0.1, -0.05) is 6.07 Å². The van der Waals surface area contributed by atoms with E-state index in [1.807, 2.05) is 32.0 Å². The first-order valence-electron chi connectivity index (χ1n) is 13.0. The molecule has 0 radical (unpaired) electrons. The molecule has 0 aliphatic carbocycles. The van der Waals surface area contributed by atoms with Crippen LogP contribution in [0.2, 0.25) is 0 Å². The Kier molecular flexibility index (Phi) is 8.69. The van der Waals surface area contributed by atoms with Crippen LogP contribution in [0, 0.1) is 25.6 Å². The molecule has 0 atom stereocenters. The van der Waals surface area contributed by atoms with Gasteiger partial charge in [-0.15, -0.1) is 0 Å². The van der Waals surface area contributed by atoms with Crippen LogP contribution in [0.5, 0.6) is 0 Å². The van der Waals surface area contributed by atoms with Crippen LogP contribution in [-0.4, -0.2) is 48.7 Å². The zero-order valence-electron chi connectivity index (χ0n) is 22.2. The highest BCUT2D eigenvalue weighted by molar-refractivity contribution is 6.06. The Morgan fingerprint density at radius 3 is 2.13 bits per heavy atom. The van der Waals surface area contributed by atoms with Crippen LogP contribution in [0.3, 0.4) is 0 Å². The number of hydrogen-bond acceptors (Lipinski definition) is 4. The molecule has 1 aliphatic heterocycles. The van der Waals surface area contributed by atoms with E-state index in [-0.39, 0.29) is 29.3 Å². The van der Waals surface area contributed by atoms with E-state index in [2.05, 4.69) is 10.2 Å². The van der Waals surface area contributed by atoms with E-state index in [1.165, 1.54) is 19.1 Å². The molecule has 0 saturated carbocycles. The summed E-state index contributed by atoms with van der Waals surface area (Å²) in [4.78, 5) is 41.9. The summed E-state index contributed by atoms with van der Waals surface area (Å²) in [5, 5.41) is 2.73. The first-order valence-corrected chi connectivity index (χ1v) is 13.0. The number of halogens is 1. The van der Waals surface area contributed by atoms with Crippen LogP contribution in [0.15, 0.2) is 66.7 Å². The first kappa shape index (κ1) is 27.2. The number of piperidine rings is 1. The van der Waals surface area contributed by atoms with Crippen LogP contribution in [0.1, 0.15) is 51.6 Å². The van der Waals surface area contributed by atoms with Gasteiger partial charge in [-0.05, 0) is 112 Å². The van der Waals surface area contributed by atoms with Gasteiger partial charge in [0.15, 0.2) is 5.78 Å². The summed E-state index contributed by atoms with van der Waals surface area (Å²) in [6.45, 7) is 8.24. The molecule has 0 bridgehead atoms. The molecule has 1 heterocycles. The van der Waals surface area contributed by atoms with Gasteiger partial charge in [0.05, 0.1) is 0 Å². The van der Waals surface area contributed by atoms with Crippen molar-refractivity contribution in [1.82, 2.24) is 4.90 Å². The molecule has 0 aromatic heterocycles. The SMILES string of the molecule is CC(=O)Nc1ccc(C(=O)N(CCN2CCC(C(=O)c3ccc(F)cc3)CC2)c2ccc(C)c(C)c2)cc1. The maximum absolute atomic E-state index is 13.6. The Balaban J connectivity index is 1.43. The number of hydrogen-bond donors (Lipinski definition) is 1.